The van der Waals surface area contributed by atoms with Crippen LogP contribution in [0.2, 0.25) is 0 Å². The van der Waals surface area contributed by atoms with E-state index in [1.165, 1.54) is 12.1 Å². The Kier molecular flexibility index (Phi) is 6.17. The normalized spacial score (nSPS) is 23.2. The van der Waals surface area contributed by atoms with Crippen LogP contribution in [0, 0.1) is 11.6 Å². The Hall–Kier alpha value is -3.40. The Bertz CT molecular complexity index is 1320. The number of piperidine rings is 1. The van der Waals surface area contributed by atoms with Crippen molar-refractivity contribution in [2.24, 2.45) is 0 Å². The van der Waals surface area contributed by atoms with Crippen molar-refractivity contribution in [3.63, 3.8) is 0 Å². The lowest BCUT2D eigenvalue weighted by Gasteiger charge is -2.33. The van der Waals surface area contributed by atoms with Gasteiger partial charge in [-0.1, -0.05) is 6.92 Å². The van der Waals surface area contributed by atoms with E-state index in [-0.39, 0.29) is 30.5 Å². The van der Waals surface area contributed by atoms with E-state index in [1.54, 1.807) is 23.5 Å². The van der Waals surface area contributed by atoms with Crippen LogP contribution in [-0.2, 0) is 10.8 Å². The van der Waals surface area contributed by atoms with Gasteiger partial charge in [0.1, 0.15) is 11.6 Å². The maximum atomic E-state index is 14.0. The van der Waals surface area contributed by atoms with Gasteiger partial charge in [0.2, 0.25) is 5.95 Å². The molecule has 38 heavy (non-hydrogen) atoms. The minimum absolute atomic E-state index is 0.0966. The fraction of sp³-hybridized carbons (Fsp3) is 0.500. The number of aliphatic hydroxyl groups excluding tert-OH is 1. The van der Waals surface area contributed by atoms with Crippen LogP contribution in [0.5, 0.6) is 0 Å². The van der Waals surface area contributed by atoms with Crippen molar-refractivity contribution < 1.29 is 18.7 Å². The zero-order valence-corrected chi connectivity index (χ0v) is 21.5. The SMILES string of the molecule is CC1(c2c(C(=O)N3CCC(CO)(c4cc(F)cc(F)c4)C3)cnn2C2CCN(c3ncccn3)CC2)CC1. The van der Waals surface area contributed by atoms with Crippen molar-refractivity contribution in [2.75, 3.05) is 37.7 Å². The van der Waals surface area contributed by atoms with Gasteiger partial charge in [-0.15, -0.1) is 0 Å². The highest BCUT2D eigenvalue weighted by molar-refractivity contribution is 5.96. The van der Waals surface area contributed by atoms with Crippen LogP contribution in [0.15, 0.2) is 42.9 Å². The molecule has 8 nitrogen and oxygen atoms in total. The molecule has 1 amide bonds. The molecule has 3 aromatic rings. The molecule has 2 aliphatic heterocycles. The third kappa shape index (κ3) is 4.34. The molecule has 3 fully saturated rings. The lowest BCUT2D eigenvalue weighted by Crippen LogP contribution is -2.38. The first-order valence-electron chi connectivity index (χ1n) is 13.3. The number of nitrogens with zero attached hydrogens (tertiary/aromatic N) is 6. The van der Waals surface area contributed by atoms with Crippen molar-refractivity contribution in [1.29, 1.82) is 0 Å². The van der Waals surface area contributed by atoms with Crippen molar-refractivity contribution in [3.8, 4) is 0 Å². The van der Waals surface area contributed by atoms with Crippen LogP contribution in [-0.4, -0.2) is 68.4 Å². The van der Waals surface area contributed by atoms with Crippen molar-refractivity contribution in [1.82, 2.24) is 24.6 Å². The smallest absolute Gasteiger partial charge is 0.257 e. The van der Waals surface area contributed by atoms with Gasteiger partial charge in [0.05, 0.1) is 30.1 Å². The number of amides is 1. The van der Waals surface area contributed by atoms with Gasteiger partial charge in [-0.2, -0.15) is 5.10 Å². The number of halogens is 2. The van der Waals surface area contributed by atoms with Crippen LogP contribution in [0.25, 0.3) is 0 Å². The van der Waals surface area contributed by atoms with E-state index in [0.29, 0.717) is 24.1 Å². The largest absolute Gasteiger partial charge is 0.395 e. The predicted octanol–water partition coefficient (Wildman–Crippen LogP) is 3.62. The Morgan fingerprint density at radius 2 is 1.74 bits per heavy atom. The van der Waals surface area contributed by atoms with Gasteiger partial charge in [-0.3, -0.25) is 9.48 Å². The van der Waals surface area contributed by atoms with E-state index in [0.717, 1.165) is 56.5 Å². The average molecular weight is 523 g/mol. The van der Waals surface area contributed by atoms with Crippen molar-refractivity contribution in [2.45, 2.75) is 55.9 Å². The van der Waals surface area contributed by atoms with Gasteiger partial charge in [0, 0.05) is 55.5 Å². The summed E-state index contributed by atoms with van der Waals surface area (Å²) in [5.41, 5.74) is 0.964. The van der Waals surface area contributed by atoms with Crippen LogP contribution < -0.4 is 4.90 Å². The fourth-order valence-electron chi connectivity index (χ4n) is 6.12. The molecule has 2 aromatic heterocycles. The molecular weight excluding hydrogens is 490 g/mol. The van der Waals surface area contributed by atoms with E-state index >= 15 is 0 Å². The number of hydrogen-bond acceptors (Lipinski definition) is 6. The van der Waals surface area contributed by atoms with Crippen molar-refractivity contribution in [3.05, 3.63) is 71.3 Å². The summed E-state index contributed by atoms with van der Waals surface area (Å²) in [6.45, 7) is 4.10. The van der Waals surface area contributed by atoms with Gasteiger partial charge in [0.25, 0.3) is 5.91 Å². The Balaban J connectivity index is 1.24. The summed E-state index contributed by atoms with van der Waals surface area (Å²) in [5, 5.41) is 15.0. The average Bonchev–Trinajstić information content (AvgIpc) is 3.32. The number of carbonyl (C=O) groups excluding carboxylic acids is 1. The second-order valence-corrected chi connectivity index (χ2v) is 11.3. The maximum Gasteiger partial charge on any atom is 0.257 e. The first-order chi connectivity index (χ1) is 18.3. The number of aliphatic hydroxyl groups is 1. The first-order valence-corrected chi connectivity index (χ1v) is 13.3. The van der Waals surface area contributed by atoms with Gasteiger partial charge in [-0.05, 0) is 55.9 Å². The lowest BCUT2D eigenvalue weighted by atomic mass is 9.80. The van der Waals surface area contributed by atoms with E-state index in [1.807, 2.05) is 6.07 Å². The molecule has 3 aliphatic rings. The predicted molar refractivity (Wildman–Crippen MR) is 137 cm³/mol. The van der Waals surface area contributed by atoms with Gasteiger partial charge >= 0.3 is 0 Å². The number of hydrogen-bond donors (Lipinski definition) is 1. The third-order valence-electron chi connectivity index (χ3n) is 8.66. The summed E-state index contributed by atoms with van der Waals surface area (Å²) in [7, 11) is 0. The highest BCUT2D eigenvalue weighted by Crippen LogP contribution is 2.50. The minimum Gasteiger partial charge on any atom is -0.395 e. The quantitative estimate of drug-likeness (QED) is 0.532. The van der Waals surface area contributed by atoms with Gasteiger partial charge in [0.15, 0.2) is 0 Å². The minimum atomic E-state index is -0.898. The van der Waals surface area contributed by atoms with Gasteiger partial charge in [-0.25, -0.2) is 18.7 Å². The Morgan fingerprint density at radius 1 is 1.05 bits per heavy atom. The molecule has 2 saturated heterocycles. The molecule has 1 saturated carbocycles. The molecule has 0 spiro atoms. The number of anilines is 1. The van der Waals surface area contributed by atoms with E-state index in [9.17, 15) is 18.7 Å². The molecular formula is C28H32F2N6O2. The lowest BCUT2D eigenvalue weighted by molar-refractivity contribution is 0.0771. The zero-order chi connectivity index (χ0) is 26.5. The molecule has 6 rings (SSSR count). The second kappa shape index (κ2) is 9.41. The number of aromatic nitrogens is 4. The summed E-state index contributed by atoms with van der Waals surface area (Å²) < 4.78 is 30.0. The highest BCUT2D eigenvalue weighted by atomic mass is 19.1. The van der Waals surface area contributed by atoms with Crippen molar-refractivity contribution >= 4 is 11.9 Å². The summed E-state index contributed by atoms with van der Waals surface area (Å²) in [6.07, 6.45) is 9.37. The summed E-state index contributed by atoms with van der Waals surface area (Å²) in [4.78, 5) is 26.5. The molecule has 1 unspecified atom stereocenters. The molecule has 1 aliphatic carbocycles. The monoisotopic (exact) mass is 522 g/mol. The summed E-state index contributed by atoms with van der Waals surface area (Å²) >= 11 is 0. The molecule has 0 radical (unpaired) electrons. The fourth-order valence-corrected chi connectivity index (χ4v) is 6.12. The molecule has 4 heterocycles. The van der Waals surface area contributed by atoms with Crippen LogP contribution in [0.3, 0.4) is 0 Å². The third-order valence-corrected chi connectivity index (χ3v) is 8.66. The molecule has 0 bridgehead atoms. The highest BCUT2D eigenvalue weighted by Gasteiger charge is 2.48. The first kappa shape index (κ1) is 24.9. The molecule has 1 atom stereocenters. The van der Waals surface area contributed by atoms with E-state index in [4.69, 9.17) is 5.10 Å². The Morgan fingerprint density at radius 3 is 2.37 bits per heavy atom. The standard InChI is InChI=1S/C28H32F2N6O2/c1-27(5-6-27)24-23(16-33-36(24)22-3-10-34(11-4-22)26-31-8-2-9-32-26)25(38)35-12-7-28(17-35,18-37)19-13-20(29)15-21(30)14-19/h2,8-9,13-16,22,37H,3-7,10-12,17-18H2,1H3. The Labute approximate surface area is 220 Å². The van der Waals surface area contributed by atoms with Crippen LogP contribution in [0.4, 0.5) is 14.7 Å². The maximum absolute atomic E-state index is 14.0. The van der Waals surface area contributed by atoms with Crippen LogP contribution in [0.1, 0.15) is 66.7 Å². The topological polar surface area (TPSA) is 87.4 Å². The molecule has 10 heteroatoms. The number of likely N-dealkylation sites (tertiary alicyclic amines) is 1. The van der Waals surface area contributed by atoms with Crippen LogP contribution >= 0.6 is 0 Å². The number of rotatable bonds is 6. The number of benzene rings is 1. The number of carbonyl (C=O) groups is 1. The zero-order valence-electron chi connectivity index (χ0n) is 21.5. The molecule has 200 valence electrons. The summed E-state index contributed by atoms with van der Waals surface area (Å²) in [6, 6.07) is 5.32. The van der Waals surface area contributed by atoms with E-state index in [2.05, 4.69) is 26.5 Å². The summed E-state index contributed by atoms with van der Waals surface area (Å²) in [5.74, 6) is -0.779. The molecule has 1 N–H and O–H groups in total. The second-order valence-electron chi connectivity index (χ2n) is 11.3. The van der Waals surface area contributed by atoms with E-state index < -0.39 is 17.0 Å². The molecule has 1 aromatic carbocycles. The van der Waals surface area contributed by atoms with Gasteiger partial charge < -0.3 is 14.9 Å².